The summed E-state index contributed by atoms with van der Waals surface area (Å²) < 4.78 is 5.07. The summed E-state index contributed by atoms with van der Waals surface area (Å²) in [6.45, 7) is 5.17. The Morgan fingerprint density at radius 3 is 2.57 bits per heavy atom. The van der Waals surface area contributed by atoms with Gasteiger partial charge in [0.05, 0.1) is 6.61 Å². The van der Waals surface area contributed by atoms with Gasteiger partial charge in [-0.1, -0.05) is 42.5 Å². The summed E-state index contributed by atoms with van der Waals surface area (Å²) >= 11 is 0. The van der Waals surface area contributed by atoms with E-state index in [0.717, 1.165) is 22.4 Å². The smallest absolute Gasteiger partial charge is 0.246 e. The zero-order valence-corrected chi connectivity index (χ0v) is 13.9. The lowest BCUT2D eigenvalue weighted by molar-refractivity contribution is -0.118. The standard InChI is InChI=1S/C19H24N2O2/c1-14-9-10-15(2)17(13-14)21-19(22)18(20-11-12-23-3)16-7-5-4-6-8-16/h4-10,13,18,20H,11-12H2,1-3H3,(H,21,22)/t18-/m0/s1. The van der Waals surface area contributed by atoms with Crippen molar-refractivity contribution in [2.24, 2.45) is 0 Å². The second-order valence-electron chi connectivity index (χ2n) is 5.60. The quantitative estimate of drug-likeness (QED) is 0.772. The number of methoxy groups -OCH3 is 1. The molecule has 0 aliphatic rings. The number of ether oxygens (including phenoxy) is 1. The zero-order chi connectivity index (χ0) is 16.7. The Hall–Kier alpha value is -2.17. The minimum Gasteiger partial charge on any atom is -0.383 e. The molecule has 0 fully saturated rings. The molecule has 4 heteroatoms. The average Bonchev–Trinajstić information content (AvgIpc) is 2.56. The van der Waals surface area contributed by atoms with E-state index in [4.69, 9.17) is 4.74 Å². The molecule has 2 aromatic rings. The van der Waals surface area contributed by atoms with Crippen molar-refractivity contribution in [1.82, 2.24) is 5.32 Å². The van der Waals surface area contributed by atoms with E-state index in [1.54, 1.807) is 7.11 Å². The lowest BCUT2D eigenvalue weighted by Crippen LogP contribution is -2.35. The molecular formula is C19H24N2O2. The molecule has 0 aliphatic carbocycles. The summed E-state index contributed by atoms with van der Waals surface area (Å²) in [5.41, 5.74) is 3.96. The predicted molar refractivity (Wildman–Crippen MR) is 93.6 cm³/mol. The second-order valence-corrected chi connectivity index (χ2v) is 5.60. The fourth-order valence-corrected chi connectivity index (χ4v) is 2.39. The summed E-state index contributed by atoms with van der Waals surface area (Å²) in [5, 5.41) is 6.29. The number of hydrogen-bond donors (Lipinski definition) is 2. The van der Waals surface area contributed by atoms with E-state index in [1.807, 2.05) is 62.4 Å². The molecule has 0 unspecified atom stereocenters. The molecule has 0 aliphatic heterocycles. The molecule has 2 rings (SSSR count). The van der Waals surface area contributed by atoms with Gasteiger partial charge in [-0.15, -0.1) is 0 Å². The maximum atomic E-state index is 12.8. The average molecular weight is 312 g/mol. The van der Waals surface area contributed by atoms with Crippen LogP contribution in [0.3, 0.4) is 0 Å². The molecule has 0 aromatic heterocycles. The van der Waals surface area contributed by atoms with E-state index in [0.29, 0.717) is 13.2 Å². The van der Waals surface area contributed by atoms with E-state index in [1.165, 1.54) is 0 Å². The maximum Gasteiger partial charge on any atom is 0.246 e. The highest BCUT2D eigenvalue weighted by molar-refractivity contribution is 5.96. The molecule has 2 aromatic carbocycles. The summed E-state index contributed by atoms with van der Waals surface area (Å²) in [6, 6.07) is 15.4. The number of nitrogens with one attached hydrogen (secondary N) is 2. The molecule has 1 amide bonds. The topological polar surface area (TPSA) is 50.4 Å². The first-order chi connectivity index (χ1) is 11.1. The lowest BCUT2D eigenvalue weighted by Gasteiger charge is -2.19. The van der Waals surface area contributed by atoms with Crippen LogP contribution in [0.4, 0.5) is 5.69 Å². The van der Waals surface area contributed by atoms with Gasteiger partial charge in [-0.25, -0.2) is 0 Å². The highest BCUT2D eigenvalue weighted by Gasteiger charge is 2.20. The second kappa shape index (κ2) is 8.46. The van der Waals surface area contributed by atoms with Gasteiger partial charge in [-0.3, -0.25) is 10.1 Å². The monoisotopic (exact) mass is 312 g/mol. The Balaban J connectivity index is 2.17. The van der Waals surface area contributed by atoms with Crippen molar-refractivity contribution < 1.29 is 9.53 Å². The predicted octanol–water partition coefficient (Wildman–Crippen LogP) is 3.22. The van der Waals surface area contributed by atoms with Crippen LogP contribution >= 0.6 is 0 Å². The Kier molecular flexibility index (Phi) is 6.32. The largest absolute Gasteiger partial charge is 0.383 e. The normalized spacial score (nSPS) is 12.0. The summed E-state index contributed by atoms with van der Waals surface area (Å²) in [6.07, 6.45) is 0. The van der Waals surface area contributed by atoms with Gasteiger partial charge in [0.2, 0.25) is 5.91 Å². The van der Waals surface area contributed by atoms with Crippen LogP contribution in [-0.4, -0.2) is 26.2 Å². The fraction of sp³-hybridized carbons (Fsp3) is 0.316. The minimum absolute atomic E-state index is 0.0685. The molecule has 122 valence electrons. The van der Waals surface area contributed by atoms with Gasteiger partial charge < -0.3 is 10.1 Å². The highest BCUT2D eigenvalue weighted by atomic mass is 16.5. The number of carbonyl (C=O) groups is 1. The van der Waals surface area contributed by atoms with Crippen molar-refractivity contribution in [3.05, 3.63) is 65.2 Å². The third kappa shape index (κ3) is 4.91. The van der Waals surface area contributed by atoms with Crippen molar-refractivity contribution in [2.45, 2.75) is 19.9 Å². The van der Waals surface area contributed by atoms with E-state index in [-0.39, 0.29) is 5.91 Å². The Morgan fingerprint density at radius 2 is 1.87 bits per heavy atom. The Morgan fingerprint density at radius 1 is 1.13 bits per heavy atom. The van der Waals surface area contributed by atoms with Crippen molar-refractivity contribution in [2.75, 3.05) is 25.6 Å². The van der Waals surface area contributed by atoms with E-state index in [9.17, 15) is 4.79 Å². The maximum absolute atomic E-state index is 12.8. The van der Waals surface area contributed by atoms with Crippen LogP contribution in [0.25, 0.3) is 0 Å². The van der Waals surface area contributed by atoms with E-state index < -0.39 is 6.04 Å². The first-order valence-corrected chi connectivity index (χ1v) is 7.77. The van der Waals surface area contributed by atoms with Crippen LogP contribution in [0.1, 0.15) is 22.7 Å². The number of hydrogen-bond acceptors (Lipinski definition) is 3. The fourth-order valence-electron chi connectivity index (χ4n) is 2.39. The highest BCUT2D eigenvalue weighted by Crippen LogP contribution is 2.20. The van der Waals surface area contributed by atoms with Gasteiger partial charge in [0.1, 0.15) is 6.04 Å². The number of carbonyl (C=O) groups excluding carboxylic acids is 1. The van der Waals surface area contributed by atoms with Crippen LogP contribution in [0, 0.1) is 13.8 Å². The number of anilines is 1. The van der Waals surface area contributed by atoms with Gasteiger partial charge in [-0.05, 0) is 36.6 Å². The lowest BCUT2D eigenvalue weighted by atomic mass is 10.1. The van der Waals surface area contributed by atoms with Gasteiger partial charge >= 0.3 is 0 Å². The van der Waals surface area contributed by atoms with Gasteiger partial charge in [0.25, 0.3) is 0 Å². The first-order valence-electron chi connectivity index (χ1n) is 7.77. The summed E-state index contributed by atoms with van der Waals surface area (Å²) in [7, 11) is 1.65. The molecule has 0 radical (unpaired) electrons. The summed E-state index contributed by atoms with van der Waals surface area (Å²) in [4.78, 5) is 12.8. The van der Waals surface area contributed by atoms with Crippen LogP contribution in [0.5, 0.6) is 0 Å². The van der Waals surface area contributed by atoms with Gasteiger partial charge in [0, 0.05) is 19.3 Å². The Labute approximate surface area is 137 Å². The summed E-state index contributed by atoms with van der Waals surface area (Å²) in [5.74, 6) is -0.0685. The minimum atomic E-state index is -0.411. The SMILES string of the molecule is COCCN[C@H](C(=O)Nc1cc(C)ccc1C)c1ccccc1. The molecule has 0 bridgehead atoms. The van der Waals surface area contributed by atoms with Gasteiger partial charge in [0.15, 0.2) is 0 Å². The van der Waals surface area contributed by atoms with Crippen molar-refractivity contribution in [3.63, 3.8) is 0 Å². The number of aryl methyl sites for hydroxylation is 2. The van der Waals surface area contributed by atoms with E-state index in [2.05, 4.69) is 10.6 Å². The van der Waals surface area contributed by atoms with Crippen LogP contribution in [-0.2, 0) is 9.53 Å². The van der Waals surface area contributed by atoms with Crippen LogP contribution in [0.2, 0.25) is 0 Å². The molecule has 23 heavy (non-hydrogen) atoms. The van der Waals surface area contributed by atoms with Crippen molar-refractivity contribution in [3.8, 4) is 0 Å². The molecule has 0 saturated carbocycles. The molecule has 0 heterocycles. The Bertz CT molecular complexity index is 641. The van der Waals surface area contributed by atoms with Crippen LogP contribution in [0.15, 0.2) is 48.5 Å². The molecular weight excluding hydrogens is 288 g/mol. The van der Waals surface area contributed by atoms with Crippen molar-refractivity contribution in [1.29, 1.82) is 0 Å². The number of rotatable bonds is 7. The molecule has 1 atom stereocenters. The molecule has 4 nitrogen and oxygen atoms in total. The first kappa shape index (κ1) is 17.2. The van der Waals surface area contributed by atoms with E-state index >= 15 is 0 Å². The molecule has 0 spiro atoms. The van der Waals surface area contributed by atoms with Crippen LogP contribution < -0.4 is 10.6 Å². The molecule has 2 N–H and O–H groups in total. The third-order valence-electron chi connectivity index (χ3n) is 3.70. The number of amides is 1. The van der Waals surface area contributed by atoms with Crippen molar-refractivity contribution >= 4 is 11.6 Å². The third-order valence-corrected chi connectivity index (χ3v) is 3.70. The van der Waals surface area contributed by atoms with Gasteiger partial charge in [-0.2, -0.15) is 0 Å². The molecule has 0 saturated heterocycles. The zero-order valence-electron chi connectivity index (χ0n) is 13.9. The number of benzene rings is 2.